The fourth-order valence-corrected chi connectivity index (χ4v) is 6.26. The van der Waals surface area contributed by atoms with Gasteiger partial charge in [0.2, 0.25) is 0 Å². The third kappa shape index (κ3) is 8.20. The number of phenols is 3. The third-order valence-corrected chi connectivity index (χ3v) is 8.78. The van der Waals surface area contributed by atoms with Gasteiger partial charge in [0.25, 0.3) is 0 Å². The predicted molar refractivity (Wildman–Crippen MR) is 188 cm³/mol. The van der Waals surface area contributed by atoms with Crippen LogP contribution in [0.3, 0.4) is 0 Å². The quantitative estimate of drug-likeness (QED) is 0.0756. The number of phenolic OH excluding ortho intramolecular Hbond substituents is 3. The van der Waals surface area contributed by atoms with E-state index in [-0.39, 0.29) is 35.0 Å². The van der Waals surface area contributed by atoms with Gasteiger partial charge in [-0.1, -0.05) is 66.7 Å². The minimum atomic E-state index is -0.0547. The summed E-state index contributed by atoms with van der Waals surface area (Å²) in [6.45, 7) is 1.16. The predicted octanol–water partition coefficient (Wildman–Crippen LogP) is 9.37. The summed E-state index contributed by atoms with van der Waals surface area (Å²) < 4.78 is 12.1. The maximum atomic E-state index is 9.84. The first-order valence-electron chi connectivity index (χ1n) is 16.3. The van der Waals surface area contributed by atoms with Crippen molar-refractivity contribution in [3.63, 3.8) is 0 Å². The number of benzene rings is 5. The van der Waals surface area contributed by atoms with Gasteiger partial charge in [0.05, 0.1) is 13.2 Å². The Morgan fingerprint density at radius 2 is 0.875 bits per heavy atom. The molecule has 244 valence electrons. The van der Waals surface area contributed by atoms with Crippen LogP contribution in [0.25, 0.3) is 0 Å². The Balaban J connectivity index is 0.998. The standard InChI is InChI=1S/C42H40O6/c43-35-15-3-29(4-16-35)41(30-5-17-36(44)18-6-30)33-11-23-39(24-12-33)47-27-1-2-28-48-40-25-13-34(14-26-40)42(31-7-19-37(45)20-8-31)32-9-21-38(46)22-10-32/h3-9,11-26,32,41-46H,1-2,10,27-28H2. The molecule has 0 saturated heterocycles. The molecule has 0 aromatic heterocycles. The molecule has 0 radical (unpaired) electrons. The Bertz CT molecular complexity index is 1760. The molecule has 6 nitrogen and oxygen atoms in total. The maximum Gasteiger partial charge on any atom is 0.119 e. The number of aromatic hydroxyl groups is 3. The Morgan fingerprint density at radius 3 is 1.27 bits per heavy atom. The van der Waals surface area contributed by atoms with E-state index in [0.717, 1.165) is 58.6 Å². The Kier molecular flexibility index (Phi) is 10.3. The van der Waals surface area contributed by atoms with Crippen LogP contribution in [0.15, 0.2) is 145 Å². The van der Waals surface area contributed by atoms with E-state index in [4.69, 9.17) is 9.47 Å². The first-order valence-corrected chi connectivity index (χ1v) is 16.3. The van der Waals surface area contributed by atoms with Crippen LogP contribution in [-0.2, 0) is 0 Å². The molecule has 1 aliphatic carbocycles. The summed E-state index contributed by atoms with van der Waals surface area (Å²) in [5.41, 5.74) is 5.42. The van der Waals surface area contributed by atoms with Crippen LogP contribution in [0.2, 0.25) is 0 Å². The van der Waals surface area contributed by atoms with E-state index in [2.05, 4.69) is 30.3 Å². The number of ether oxygens (including phenoxy) is 2. The van der Waals surface area contributed by atoms with Crippen LogP contribution in [0.5, 0.6) is 28.7 Å². The summed E-state index contributed by atoms with van der Waals surface area (Å²) in [5.74, 6) is 2.80. The normalized spacial score (nSPS) is 14.8. The van der Waals surface area contributed by atoms with Gasteiger partial charge in [-0.2, -0.15) is 0 Å². The average molecular weight is 641 g/mol. The molecule has 0 heterocycles. The van der Waals surface area contributed by atoms with E-state index >= 15 is 0 Å². The largest absolute Gasteiger partial charge is 0.508 e. The zero-order valence-electron chi connectivity index (χ0n) is 26.7. The number of aliphatic hydroxyl groups is 1. The van der Waals surface area contributed by atoms with Crippen LogP contribution < -0.4 is 9.47 Å². The summed E-state index contributed by atoms with van der Waals surface area (Å²) in [6.07, 6.45) is 8.09. The fraction of sp³-hybridized carbons (Fsp3) is 0.190. The highest BCUT2D eigenvalue weighted by Gasteiger charge is 2.24. The molecule has 6 heteroatoms. The summed E-state index contributed by atoms with van der Waals surface area (Å²) in [4.78, 5) is 0. The van der Waals surface area contributed by atoms with Gasteiger partial charge < -0.3 is 29.9 Å². The third-order valence-electron chi connectivity index (χ3n) is 8.78. The van der Waals surface area contributed by atoms with Gasteiger partial charge >= 0.3 is 0 Å². The molecule has 0 amide bonds. The van der Waals surface area contributed by atoms with Crippen LogP contribution in [0.4, 0.5) is 0 Å². The molecule has 0 saturated carbocycles. The highest BCUT2D eigenvalue weighted by Crippen LogP contribution is 2.38. The van der Waals surface area contributed by atoms with Gasteiger partial charge in [-0.3, -0.25) is 0 Å². The Hall–Kier alpha value is -5.62. The summed E-state index contributed by atoms with van der Waals surface area (Å²) in [7, 11) is 0. The van der Waals surface area contributed by atoms with Crippen molar-refractivity contribution in [2.45, 2.75) is 31.1 Å². The monoisotopic (exact) mass is 640 g/mol. The van der Waals surface area contributed by atoms with E-state index in [9.17, 15) is 20.4 Å². The SMILES string of the molecule is OC1=CCC(C(c2ccc(O)cc2)c2ccc(OCCCCOc3ccc(C(c4ccc(O)cc4)c4ccc(O)cc4)cc3)cc2)C=C1. The molecule has 4 N–H and O–H groups in total. The van der Waals surface area contributed by atoms with Crippen LogP contribution in [-0.4, -0.2) is 33.6 Å². The van der Waals surface area contributed by atoms with Gasteiger partial charge in [-0.15, -0.1) is 0 Å². The number of unbranched alkanes of at least 4 members (excludes halogenated alkanes) is 1. The first kappa shape index (κ1) is 32.3. The number of rotatable bonds is 13. The van der Waals surface area contributed by atoms with Crippen LogP contribution in [0.1, 0.15) is 58.9 Å². The lowest BCUT2D eigenvalue weighted by molar-refractivity contribution is 0.266. The molecule has 0 spiro atoms. The lowest BCUT2D eigenvalue weighted by atomic mass is 9.77. The van der Waals surface area contributed by atoms with Crippen molar-refractivity contribution in [2.75, 3.05) is 13.2 Å². The zero-order valence-corrected chi connectivity index (χ0v) is 26.7. The number of hydrogen-bond donors (Lipinski definition) is 4. The van der Waals surface area contributed by atoms with Gasteiger partial charge in [0.15, 0.2) is 0 Å². The van der Waals surface area contributed by atoms with Crippen LogP contribution >= 0.6 is 0 Å². The van der Waals surface area contributed by atoms with Crippen molar-refractivity contribution in [3.05, 3.63) is 173 Å². The van der Waals surface area contributed by atoms with Crippen molar-refractivity contribution in [1.82, 2.24) is 0 Å². The Morgan fingerprint density at radius 1 is 0.500 bits per heavy atom. The van der Waals surface area contributed by atoms with Gasteiger partial charge in [0, 0.05) is 11.8 Å². The smallest absolute Gasteiger partial charge is 0.119 e. The minimum absolute atomic E-state index is 0.0547. The molecule has 5 aromatic carbocycles. The minimum Gasteiger partial charge on any atom is -0.508 e. The Labute approximate surface area is 281 Å². The topological polar surface area (TPSA) is 99.4 Å². The molecular weight excluding hydrogens is 600 g/mol. The number of hydrogen-bond acceptors (Lipinski definition) is 6. The van der Waals surface area contributed by atoms with E-state index in [1.165, 1.54) is 0 Å². The van der Waals surface area contributed by atoms with Gasteiger partial charge in [-0.25, -0.2) is 0 Å². The molecule has 5 aromatic rings. The highest BCUT2D eigenvalue weighted by atomic mass is 16.5. The lowest BCUT2D eigenvalue weighted by Crippen LogP contribution is -2.14. The molecule has 48 heavy (non-hydrogen) atoms. The molecule has 1 aliphatic rings. The lowest BCUT2D eigenvalue weighted by Gasteiger charge is -2.27. The summed E-state index contributed by atoms with van der Waals surface area (Å²) in [6, 6.07) is 38.1. The number of allylic oxidation sites excluding steroid dienone is 3. The van der Waals surface area contributed by atoms with Crippen molar-refractivity contribution in [2.24, 2.45) is 5.92 Å². The molecule has 0 fully saturated rings. The van der Waals surface area contributed by atoms with Crippen molar-refractivity contribution >= 4 is 0 Å². The van der Waals surface area contributed by atoms with E-state index in [0.29, 0.717) is 19.0 Å². The highest BCUT2D eigenvalue weighted by molar-refractivity contribution is 5.47. The second-order valence-corrected chi connectivity index (χ2v) is 12.1. The van der Waals surface area contributed by atoms with Crippen LogP contribution in [0, 0.1) is 5.92 Å². The average Bonchev–Trinajstić information content (AvgIpc) is 3.11. The molecule has 0 aliphatic heterocycles. The second kappa shape index (κ2) is 15.3. The maximum absolute atomic E-state index is 9.84. The van der Waals surface area contributed by atoms with Gasteiger partial charge in [-0.05, 0) is 126 Å². The van der Waals surface area contributed by atoms with Gasteiger partial charge in [0.1, 0.15) is 34.5 Å². The van der Waals surface area contributed by atoms with E-state index < -0.39 is 0 Å². The van der Waals surface area contributed by atoms with E-state index in [1.807, 2.05) is 66.7 Å². The number of aliphatic hydroxyl groups excluding tert-OH is 1. The van der Waals surface area contributed by atoms with Crippen molar-refractivity contribution in [3.8, 4) is 28.7 Å². The molecular formula is C42H40O6. The van der Waals surface area contributed by atoms with Crippen molar-refractivity contribution in [1.29, 1.82) is 0 Å². The molecule has 2 atom stereocenters. The summed E-state index contributed by atoms with van der Waals surface area (Å²) in [5, 5.41) is 39.2. The van der Waals surface area contributed by atoms with E-state index in [1.54, 1.807) is 42.5 Å². The van der Waals surface area contributed by atoms with Crippen molar-refractivity contribution < 1.29 is 29.9 Å². The molecule has 2 unspecified atom stereocenters. The zero-order chi connectivity index (χ0) is 33.3. The molecule has 0 bridgehead atoms. The summed E-state index contributed by atoms with van der Waals surface area (Å²) >= 11 is 0. The first-order chi connectivity index (χ1) is 23.4. The molecule has 6 rings (SSSR count). The fourth-order valence-electron chi connectivity index (χ4n) is 6.26. The second-order valence-electron chi connectivity index (χ2n) is 12.1.